The fourth-order valence-electron chi connectivity index (χ4n) is 3.46. The van der Waals surface area contributed by atoms with Crippen molar-refractivity contribution in [1.29, 1.82) is 0 Å². The normalized spacial score (nSPS) is 14.8. The molecule has 2 heterocycles. The van der Waals surface area contributed by atoms with Gasteiger partial charge >= 0.3 is 0 Å². The van der Waals surface area contributed by atoms with E-state index in [1.807, 2.05) is 24.5 Å². The molecule has 28 heavy (non-hydrogen) atoms. The average molecular weight is 399 g/mol. The maximum atomic E-state index is 11.9. The third-order valence-electron chi connectivity index (χ3n) is 5.29. The monoisotopic (exact) mass is 398 g/mol. The van der Waals surface area contributed by atoms with Crippen LogP contribution in [0.1, 0.15) is 18.4 Å². The topological polar surface area (TPSA) is 67.2 Å². The fraction of sp³-hybridized carbons (Fsp3) is 0.381. The Morgan fingerprint density at radius 2 is 1.89 bits per heavy atom. The van der Waals surface area contributed by atoms with Gasteiger partial charge in [-0.15, -0.1) is 0 Å². The van der Waals surface area contributed by atoms with Crippen molar-refractivity contribution < 1.29 is 8.42 Å². The molecule has 2 aromatic heterocycles. The predicted molar refractivity (Wildman–Crippen MR) is 112 cm³/mol. The second-order valence-electron chi connectivity index (χ2n) is 7.65. The zero-order chi connectivity index (χ0) is 19.7. The molecule has 0 bridgehead atoms. The molecular formula is C21H26N4O2S. The van der Waals surface area contributed by atoms with E-state index < -0.39 is 10.2 Å². The number of hydrogen-bond acceptors (Lipinski definition) is 3. The molecule has 1 saturated carbocycles. The molecule has 1 fully saturated rings. The lowest BCUT2D eigenvalue weighted by atomic mass is 10.0. The molecule has 3 aromatic rings. The molecule has 1 N–H and O–H groups in total. The van der Waals surface area contributed by atoms with Gasteiger partial charge in [0.25, 0.3) is 10.2 Å². The summed E-state index contributed by atoms with van der Waals surface area (Å²) in [7, 11) is -0.332. The smallest absolute Gasteiger partial charge is 0.278 e. The second-order valence-corrected chi connectivity index (χ2v) is 9.62. The molecule has 1 aromatic carbocycles. The van der Waals surface area contributed by atoms with E-state index in [0.717, 1.165) is 18.0 Å². The molecule has 148 valence electrons. The molecular weight excluding hydrogens is 372 g/mol. The zero-order valence-electron chi connectivity index (χ0n) is 16.3. The molecule has 0 radical (unpaired) electrons. The van der Waals surface area contributed by atoms with Gasteiger partial charge in [-0.3, -0.25) is 4.98 Å². The van der Waals surface area contributed by atoms with Gasteiger partial charge in [-0.25, -0.2) is 4.72 Å². The Labute approximate surface area is 166 Å². The van der Waals surface area contributed by atoms with Gasteiger partial charge in [-0.2, -0.15) is 12.7 Å². The minimum Gasteiger partial charge on any atom is -0.347 e. The van der Waals surface area contributed by atoms with Crippen molar-refractivity contribution in [2.45, 2.75) is 25.8 Å². The van der Waals surface area contributed by atoms with Gasteiger partial charge in [0.1, 0.15) is 0 Å². The quantitative estimate of drug-likeness (QED) is 0.634. The van der Waals surface area contributed by atoms with Crippen LogP contribution in [0.5, 0.6) is 0 Å². The number of pyridine rings is 1. The second kappa shape index (κ2) is 7.66. The molecule has 7 heteroatoms. The highest BCUT2D eigenvalue weighted by molar-refractivity contribution is 7.87. The molecule has 0 atom stereocenters. The number of aromatic nitrogens is 2. The number of rotatable bonds is 8. The van der Waals surface area contributed by atoms with Crippen LogP contribution < -0.4 is 4.72 Å². The van der Waals surface area contributed by atoms with Gasteiger partial charge in [0.15, 0.2) is 0 Å². The van der Waals surface area contributed by atoms with Crippen molar-refractivity contribution in [2.24, 2.45) is 5.92 Å². The molecule has 0 unspecified atom stereocenters. The number of hydrogen-bond donors (Lipinski definition) is 1. The van der Waals surface area contributed by atoms with E-state index >= 15 is 0 Å². The van der Waals surface area contributed by atoms with Gasteiger partial charge in [0.05, 0.1) is 0 Å². The van der Waals surface area contributed by atoms with Crippen molar-refractivity contribution in [3.63, 3.8) is 0 Å². The number of nitrogens with zero attached hydrogens (tertiary/aromatic N) is 3. The Balaban J connectivity index is 1.63. The van der Waals surface area contributed by atoms with Gasteiger partial charge in [-0.05, 0) is 60.1 Å². The predicted octanol–water partition coefficient (Wildman–Crippen LogP) is 3.05. The van der Waals surface area contributed by atoms with E-state index in [2.05, 4.69) is 38.7 Å². The van der Waals surface area contributed by atoms with Gasteiger partial charge in [0.2, 0.25) is 0 Å². The summed E-state index contributed by atoms with van der Waals surface area (Å²) in [4.78, 5) is 4.10. The Morgan fingerprint density at radius 3 is 2.57 bits per heavy atom. The summed E-state index contributed by atoms with van der Waals surface area (Å²) in [5.74, 6) is 0.764. The summed E-state index contributed by atoms with van der Waals surface area (Å²) < 4.78 is 30.1. The standard InChI is InChI=1S/C21H26N4O2S/c1-24(2)28(26,27)23-12-9-19-15-25(14-16-3-4-16)21-13-18(5-6-20(19)21)17-7-10-22-11-8-17/h5-8,10-11,13,15-16,23H,3-4,9,12,14H2,1-2H3. The first-order chi connectivity index (χ1) is 13.4. The van der Waals surface area contributed by atoms with Gasteiger partial charge in [-0.1, -0.05) is 12.1 Å². The minimum atomic E-state index is -3.40. The molecule has 0 aliphatic heterocycles. The van der Waals surface area contributed by atoms with E-state index in [9.17, 15) is 8.42 Å². The van der Waals surface area contributed by atoms with Crippen molar-refractivity contribution in [2.75, 3.05) is 20.6 Å². The molecule has 0 amide bonds. The minimum absolute atomic E-state index is 0.384. The molecule has 1 aliphatic rings. The molecule has 4 rings (SSSR count). The van der Waals surface area contributed by atoms with Crippen LogP contribution in [0.25, 0.3) is 22.0 Å². The van der Waals surface area contributed by atoms with Crippen LogP contribution in [0.2, 0.25) is 0 Å². The van der Waals surface area contributed by atoms with Crippen molar-refractivity contribution >= 4 is 21.1 Å². The van der Waals surface area contributed by atoms with E-state index in [1.54, 1.807) is 0 Å². The van der Waals surface area contributed by atoms with E-state index in [4.69, 9.17) is 0 Å². The van der Waals surface area contributed by atoms with Crippen LogP contribution in [0.4, 0.5) is 0 Å². The number of nitrogens with one attached hydrogen (secondary N) is 1. The molecule has 0 saturated heterocycles. The lowest BCUT2D eigenvalue weighted by Crippen LogP contribution is -2.36. The first kappa shape index (κ1) is 19.1. The maximum absolute atomic E-state index is 11.9. The van der Waals surface area contributed by atoms with Gasteiger partial charge < -0.3 is 4.57 Å². The van der Waals surface area contributed by atoms with E-state index in [0.29, 0.717) is 13.0 Å². The lowest BCUT2D eigenvalue weighted by molar-refractivity contribution is 0.506. The van der Waals surface area contributed by atoms with Crippen LogP contribution in [0.3, 0.4) is 0 Å². The average Bonchev–Trinajstić information content (AvgIpc) is 3.44. The van der Waals surface area contributed by atoms with Gasteiger partial charge in [0, 0.05) is 56.7 Å². The Hall–Kier alpha value is -2.22. The summed E-state index contributed by atoms with van der Waals surface area (Å²) in [6.45, 7) is 1.41. The molecule has 0 spiro atoms. The molecule has 6 nitrogen and oxygen atoms in total. The fourth-order valence-corrected chi connectivity index (χ4v) is 4.08. The van der Waals surface area contributed by atoms with Crippen molar-refractivity contribution in [1.82, 2.24) is 18.6 Å². The summed E-state index contributed by atoms with van der Waals surface area (Å²) >= 11 is 0. The molecule has 1 aliphatic carbocycles. The SMILES string of the molecule is CN(C)S(=O)(=O)NCCc1cn(CC2CC2)c2cc(-c3ccncc3)ccc12. The third kappa shape index (κ3) is 4.11. The Kier molecular flexibility index (Phi) is 5.23. The highest BCUT2D eigenvalue weighted by atomic mass is 32.2. The van der Waals surface area contributed by atoms with Crippen LogP contribution >= 0.6 is 0 Å². The third-order valence-corrected chi connectivity index (χ3v) is 6.82. The van der Waals surface area contributed by atoms with E-state index in [1.165, 1.54) is 53.3 Å². The summed E-state index contributed by atoms with van der Waals surface area (Å²) in [5.41, 5.74) is 4.71. The van der Waals surface area contributed by atoms with Crippen LogP contribution in [0, 0.1) is 5.92 Å². The summed E-state index contributed by atoms with van der Waals surface area (Å²) in [6, 6.07) is 10.6. The highest BCUT2D eigenvalue weighted by Crippen LogP contribution is 2.34. The summed E-state index contributed by atoms with van der Waals surface area (Å²) in [6.07, 6.45) is 9.07. The maximum Gasteiger partial charge on any atom is 0.278 e. The van der Waals surface area contributed by atoms with Crippen molar-refractivity contribution in [3.05, 3.63) is 54.5 Å². The number of fused-ring (bicyclic) bond motifs is 1. The Morgan fingerprint density at radius 1 is 1.14 bits per heavy atom. The first-order valence-electron chi connectivity index (χ1n) is 9.63. The van der Waals surface area contributed by atoms with E-state index in [-0.39, 0.29) is 0 Å². The van der Waals surface area contributed by atoms with Crippen molar-refractivity contribution in [3.8, 4) is 11.1 Å². The lowest BCUT2D eigenvalue weighted by Gasteiger charge is -2.11. The highest BCUT2D eigenvalue weighted by Gasteiger charge is 2.23. The first-order valence-corrected chi connectivity index (χ1v) is 11.1. The largest absolute Gasteiger partial charge is 0.347 e. The van der Waals surface area contributed by atoms with Crippen LogP contribution in [0.15, 0.2) is 48.9 Å². The van der Waals surface area contributed by atoms with Crippen LogP contribution in [-0.2, 0) is 23.2 Å². The number of benzene rings is 1. The summed E-state index contributed by atoms with van der Waals surface area (Å²) in [5, 5.41) is 1.20. The Bertz CT molecular complexity index is 1070. The zero-order valence-corrected chi connectivity index (χ0v) is 17.1. The van der Waals surface area contributed by atoms with Crippen LogP contribution in [-0.4, -0.2) is 42.9 Å².